The van der Waals surface area contributed by atoms with Gasteiger partial charge in [0.25, 0.3) is 5.91 Å². The quantitative estimate of drug-likeness (QED) is 0.799. The predicted octanol–water partition coefficient (Wildman–Crippen LogP) is 2.45. The fourth-order valence-electron chi connectivity index (χ4n) is 3.59. The number of rotatable bonds is 6. The van der Waals surface area contributed by atoms with Crippen molar-refractivity contribution in [3.8, 4) is 11.5 Å². The molecule has 2 fully saturated rings. The number of benzene rings is 1. The lowest BCUT2D eigenvalue weighted by atomic mass is 10.0. The number of hydrogen-bond donors (Lipinski definition) is 1. The number of para-hydroxylation sites is 2. The summed E-state index contributed by atoms with van der Waals surface area (Å²) in [5, 5.41) is 2.79. The molecule has 8 heteroatoms. The molecule has 1 aromatic carbocycles. The van der Waals surface area contributed by atoms with E-state index in [1.165, 1.54) is 0 Å². The van der Waals surface area contributed by atoms with Crippen LogP contribution < -0.4 is 19.7 Å². The highest BCUT2D eigenvalue weighted by Gasteiger charge is 2.39. The zero-order chi connectivity index (χ0) is 20.1. The van der Waals surface area contributed by atoms with Gasteiger partial charge in [-0.1, -0.05) is 12.1 Å². The van der Waals surface area contributed by atoms with E-state index in [2.05, 4.69) is 15.2 Å². The van der Waals surface area contributed by atoms with E-state index in [0.29, 0.717) is 30.4 Å². The molecule has 1 amide bonds. The van der Waals surface area contributed by atoms with Crippen LogP contribution in [0.4, 0.5) is 11.5 Å². The van der Waals surface area contributed by atoms with Gasteiger partial charge in [0, 0.05) is 25.9 Å². The third-order valence-corrected chi connectivity index (χ3v) is 5.12. The van der Waals surface area contributed by atoms with E-state index < -0.39 is 5.79 Å². The number of hydrogen-bond acceptors (Lipinski definition) is 7. The molecule has 1 N–H and O–H groups in total. The monoisotopic (exact) mass is 399 g/mol. The average molecular weight is 399 g/mol. The van der Waals surface area contributed by atoms with Crippen LogP contribution in [0.25, 0.3) is 0 Å². The summed E-state index contributed by atoms with van der Waals surface area (Å²) in [4.78, 5) is 18.9. The number of aromatic nitrogens is 1. The van der Waals surface area contributed by atoms with Gasteiger partial charge in [-0.05, 0) is 24.3 Å². The number of nitrogens with zero attached hydrogens (tertiary/aromatic N) is 2. The van der Waals surface area contributed by atoms with Crippen LogP contribution in [0.2, 0.25) is 0 Å². The first kappa shape index (κ1) is 19.5. The maximum atomic E-state index is 12.2. The first-order valence-electron chi connectivity index (χ1n) is 9.72. The zero-order valence-corrected chi connectivity index (χ0v) is 16.4. The van der Waals surface area contributed by atoms with Crippen LogP contribution in [0.5, 0.6) is 11.5 Å². The molecule has 2 aliphatic heterocycles. The Morgan fingerprint density at radius 1 is 1.14 bits per heavy atom. The van der Waals surface area contributed by atoms with Crippen LogP contribution in [0.3, 0.4) is 0 Å². The van der Waals surface area contributed by atoms with E-state index in [1.54, 1.807) is 25.4 Å². The second kappa shape index (κ2) is 8.67. The van der Waals surface area contributed by atoms with Crippen LogP contribution in [0.15, 0.2) is 42.6 Å². The second-order valence-electron chi connectivity index (χ2n) is 6.99. The van der Waals surface area contributed by atoms with Crippen molar-refractivity contribution in [2.24, 2.45) is 0 Å². The molecule has 154 valence electrons. The summed E-state index contributed by atoms with van der Waals surface area (Å²) in [6, 6.07) is 11.0. The molecule has 1 spiro atoms. The summed E-state index contributed by atoms with van der Waals surface area (Å²) in [6.45, 7) is 2.88. The molecule has 0 unspecified atom stereocenters. The van der Waals surface area contributed by atoms with Gasteiger partial charge in [-0.2, -0.15) is 0 Å². The van der Waals surface area contributed by atoms with Crippen molar-refractivity contribution in [2.45, 2.75) is 18.6 Å². The summed E-state index contributed by atoms with van der Waals surface area (Å²) in [5.74, 6) is 1.33. The number of carbonyl (C=O) groups excluding carboxylic acids is 1. The van der Waals surface area contributed by atoms with E-state index in [0.717, 1.165) is 31.7 Å². The molecule has 2 saturated heterocycles. The first-order valence-corrected chi connectivity index (χ1v) is 9.72. The normalized spacial score (nSPS) is 17.9. The largest absolute Gasteiger partial charge is 0.493 e. The van der Waals surface area contributed by atoms with Gasteiger partial charge in [-0.3, -0.25) is 4.79 Å². The van der Waals surface area contributed by atoms with Crippen LogP contribution in [0.1, 0.15) is 12.8 Å². The van der Waals surface area contributed by atoms with Crippen LogP contribution in [-0.2, 0) is 14.3 Å². The Kier molecular flexibility index (Phi) is 5.82. The Hall–Kier alpha value is -2.84. The van der Waals surface area contributed by atoms with Crippen molar-refractivity contribution in [1.82, 2.24) is 4.98 Å². The minimum Gasteiger partial charge on any atom is -0.493 e. The second-order valence-corrected chi connectivity index (χ2v) is 6.99. The molecule has 0 radical (unpaired) electrons. The van der Waals surface area contributed by atoms with Crippen molar-refractivity contribution in [3.05, 3.63) is 42.6 Å². The SMILES string of the molecule is COc1ccccc1OCC(=O)Nc1ccc(N2CCC3(CC2)OCCO3)nc1. The van der Waals surface area contributed by atoms with Crippen molar-refractivity contribution in [3.63, 3.8) is 0 Å². The summed E-state index contributed by atoms with van der Waals surface area (Å²) in [5.41, 5.74) is 0.623. The summed E-state index contributed by atoms with van der Waals surface area (Å²) in [7, 11) is 1.56. The van der Waals surface area contributed by atoms with Crippen LogP contribution >= 0.6 is 0 Å². The number of amides is 1. The standard InChI is InChI=1S/C21H25N3O5/c1-26-17-4-2-3-5-18(17)27-15-20(25)23-16-6-7-19(22-14-16)24-10-8-21(9-11-24)28-12-13-29-21/h2-7,14H,8-13,15H2,1H3,(H,23,25). The Balaban J connectivity index is 1.27. The van der Waals surface area contributed by atoms with Gasteiger partial charge in [0.2, 0.25) is 0 Å². The minimum absolute atomic E-state index is 0.115. The molecule has 0 bridgehead atoms. The molecule has 0 saturated carbocycles. The lowest BCUT2D eigenvalue weighted by molar-refractivity contribution is -0.169. The van der Waals surface area contributed by atoms with Crippen LogP contribution in [-0.4, -0.2) is 56.7 Å². The summed E-state index contributed by atoms with van der Waals surface area (Å²) >= 11 is 0. The van der Waals surface area contributed by atoms with Crippen molar-refractivity contribution >= 4 is 17.4 Å². The van der Waals surface area contributed by atoms with Crippen LogP contribution in [0, 0.1) is 0 Å². The molecule has 2 aliphatic rings. The Morgan fingerprint density at radius 2 is 1.86 bits per heavy atom. The van der Waals surface area contributed by atoms with Gasteiger partial charge in [0.1, 0.15) is 5.82 Å². The van der Waals surface area contributed by atoms with Crippen molar-refractivity contribution < 1.29 is 23.7 Å². The number of methoxy groups -OCH3 is 1. The first-order chi connectivity index (χ1) is 14.2. The number of pyridine rings is 1. The molecular weight excluding hydrogens is 374 g/mol. The maximum absolute atomic E-state index is 12.2. The fraction of sp³-hybridized carbons (Fsp3) is 0.429. The van der Waals surface area contributed by atoms with E-state index in [9.17, 15) is 4.79 Å². The van der Waals surface area contributed by atoms with E-state index >= 15 is 0 Å². The molecule has 2 aromatic rings. The van der Waals surface area contributed by atoms with Gasteiger partial charge < -0.3 is 29.2 Å². The van der Waals surface area contributed by atoms with E-state index in [1.807, 2.05) is 24.3 Å². The molecular formula is C21H25N3O5. The fourth-order valence-corrected chi connectivity index (χ4v) is 3.59. The van der Waals surface area contributed by atoms with Crippen molar-refractivity contribution in [2.75, 3.05) is 50.2 Å². The van der Waals surface area contributed by atoms with E-state index in [4.69, 9.17) is 18.9 Å². The average Bonchev–Trinajstić information content (AvgIpc) is 3.21. The third-order valence-electron chi connectivity index (χ3n) is 5.12. The number of ether oxygens (including phenoxy) is 4. The number of carbonyl (C=O) groups is 1. The maximum Gasteiger partial charge on any atom is 0.262 e. The highest BCUT2D eigenvalue weighted by Crippen LogP contribution is 2.32. The predicted molar refractivity (Wildman–Crippen MR) is 107 cm³/mol. The topological polar surface area (TPSA) is 82.2 Å². The summed E-state index contributed by atoms with van der Waals surface area (Å²) in [6.07, 6.45) is 3.31. The lowest BCUT2D eigenvalue weighted by Crippen LogP contribution is -2.45. The molecule has 0 atom stereocenters. The Bertz CT molecular complexity index is 826. The van der Waals surface area contributed by atoms with E-state index in [-0.39, 0.29) is 12.5 Å². The molecule has 3 heterocycles. The molecule has 4 rings (SSSR count). The highest BCUT2D eigenvalue weighted by molar-refractivity contribution is 5.91. The third kappa shape index (κ3) is 4.60. The minimum atomic E-state index is -0.397. The lowest BCUT2D eigenvalue weighted by Gasteiger charge is -2.38. The Morgan fingerprint density at radius 3 is 2.52 bits per heavy atom. The molecule has 0 aliphatic carbocycles. The smallest absolute Gasteiger partial charge is 0.262 e. The van der Waals surface area contributed by atoms with Crippen molar-refractivity contribution in [1.29, 1.82) is 0 Å². The van der Waals surface area contributed by atoms with Gasteiger partial charge >= 0.3 is 0 Å². The summed E-state index contributed by atoms with van der Waals surface area (Å²) < 4.78 is 22.3. The molecule has 1 aromatic heterocycles. The zero-order valence-electron chi connectivity index (χ0n) is 16.4. The van der Waals surface area contributed by atoms with Gasteiger partial charge in [-0.15, -0.1) is 0 Å². The van der Waals surface area contributed by atoms with Gasteiger partial charge in [0.05, 0.1) is 32.2 Å². The number of nitrogens with one attached hydrogen (secondary N) is 1. The highest BCUT2D eigenvalue weighted by atomic mass is 16.7. The molecule has 29 heavy (non-hydrogen) atoms. The Labute approximate surface area is 169 Å². The van der Waals surface area contributed by atoms with Gasteiger partial charge in [0.15, 0.2) is 23.9 Å². The number of piperidine rings is 1. The molecule has 8 nitrogen and oxygen atoms in total. The number of anilines is 2. The van der Waals surface area contributed by atoms with Gasteiger partial charge in [-0.25, -0.2) is 4.98 Å².